The van der Waals surface area contributed by atoms with Gasteiger partial charge in [0.1, 0.15) is 5.75 Å². The molecular weight excluding hydrogens is 342 g/mol. The van der Waals surface area contributed by atoms with Gasteiger partial charge in [-0.05, 0) is 62.2 Å². The average molecular weight is 362 g/mol. The molecule has 1 atom stereocenters. The fourth-order valence-electron chi connectivity index (χ4n) is 2.06. The predicted molar refractivity (Wildman–Crippen MR) is 97.0 cm³/mol. The summed E-state index contributed by atoms with van der Waals surface area (Å²) in [6, 6.07) is 12.3. The number of halogens is 1. The largest absolute Gasteiger partial charge is 0.482 e. The molecule has 0 aromatic heterocycles. The van der Waals surface area contributed by atoms with Crippen molar-refractivity contribution in [1.82, 2.24) is 0 Å². The van der Waals surface area contributed by atoms with Crippen LogP contribution in [0, 0.1) is 13.8 Å². The van der Waals surface area contributed by atoms with Gasteiger partial charge in [-0.3, -0.25) is 4.79 Å². The fraction of sp³-hybridized carbons (Fsp3) is 0.263. The molecule has 25 heavy (non-hydrogen) atoms. The standard InChI is InChI=1S/C19H20ClNO4/c1-12-4-5-13(2)17(10-12)21-19(23)14(3)25-18(22)11-24-16-8-6-15(20)7-9-16/h4-10,14H,11H2,1-3H3,(H,21,23)/t14-/m1/s1. The van der Waals surface area contributed by atoms with Gasteiger partial charge < -0.3 is 14.8 Å². The zero-order valence-corrected chi connectivity index (χ0v) is 15.1. The van der Waals surface area contributed by atoms with E-state index in [0.29, 0.717) is 16.5 Å². The van der Waals surface area contributed by atoms with E-state index in [1.165, 1.54) is 6.92 Å². The van der Waals surface area contributed by atoms with E-state index >= 15 is 0 Å². The highest BCUT2D eigenvalue weighted by Crippen LogP contribution is 2.17. The van der Waals surface area contributed by atoms with Crippen LogP contribution in [0.4, 0.5) is 5.69 Å². The molecule has 0 aliphatic carbocycles. The van der Waals surface area contributed by atoms with Crippen LogP contribution < -0.4 is 10.1 Å². The Morgan fingerprint density at radius 3 is 2.48 bits per heavy atom. The Morgan fingerprint density at radius 2 is 1.80 bits per heavy atom. The van der Waals surface area contributed by atoms with Crippen LogP contribution in [0.25, 0.3) is 0 Å². The number of hydrogen-bond acceptors (Lipinski definition) is 4. The van der Waals surface area contributed by atoms with E-state index in [9.17, 15) is 9.59 Å². The Bertz CT molecular complexity index is 759. The lowest BCUT2D eigenvalue weighted by Crippen LogP contribution is -2.31. The number of esters is 1. The van der Waals surface area contributed by atoms with Gasteiger partial charge in [0.2, 0.25) is 0 Å². The third-order valence-electron chi connectivity index (χ3n) is 3.50. The Hall–Kier alpha value is -2.53. The third kappa shape index (κ3) is 5.80. The Morgan fingerprint density at radius 1 is 1.12 bits per heavy atom. The number of benzene rings is 2. The molecule has 0 unspecified atom stereocenters. The Labute approximate surface area is 151 Å². The second kappa shape index (κ2) is 8.53. The predicted octanol–water partition coefficient (Wildman–Crippen LogP) is 3.91. The van der Waals surface area contributed by atoms with Crippen LogP contribution in [-0.4, -0.2) is 24.6 Å². The van der Waals surface area contributed by atoms with E-state index < -0.39 is 18.0 Å². The topological polar surface area (TPSA) is 64.6 Å². The third-order valence-corrected chi connectivity index (χ3v) is 3.75. The number of nitrogens with one attached hydrogen (secondary N) is 1. The molecular formula is C19H20ClNO4. The van der Waals surface area contributed by atoms with Crippen molar-refractivity contribution in [3.63, 3.8) is 0 Å². The van der Waals surface area contributed by atoms with Crippen molar-refractivity contribution in [2.24, 2.45) is 0 Å². The Kier molecular flexibility index (Phi) is 6.42. The maximum Gasteiger partial charge on any atom is 0.344 e. The van der Waals surface area contributed by atoms with E-state index in [4.69, 9.17) is 21.1 Å². The molecule has 2 aromatic carbocycles. The quantitative estimate of drug-likeness (QED) is 0.792. The summed E-state index contributed by atoms with van der Waals surface area (Å²) in [6.45, 7) is 5.06. The second-order valence-corrected chi connectivity index (χ2v) is 6.12. The summed E-state index contributed by atoms with van der Waals surface area (Å²) in [5, 5.41) is 3.34. The van der Waals surface area contributed by atoms with Crippen molar-refractivity contribution in [3.05, 3.63) is 58.6 Å². The highest BCUT2D eigenvalue weighted by molar-refractivity contribution is 6.30. The second-order valence-electron chi connectivity index (χ2n) is 5.68. The number of rotatable bonds is 6. The molecule has 1 N–H and O–H groups in total. The van der Waals surface area contributed by atoms with Crippen molar-refractivity contribution in [3.8, 4) is 5.75 Å². The van der Waals surface area contributed by atoms with Crippen LogP contribution in [0.3, 0.4) is 0 Å². The van der Waals surface area contributed by atoms with Gasteiger partial charge >= 0.3 is 5.97 Å². The normalized spacial score (nSPS) is 11.5. The summed E-state index contributed by atoms with van der Waals surface area (Å²) < 4.78 is 10.4. The minimum absolute atomic E-state index is 0.289. The molecule has 6 heteroatoms. The molecule has 0 heterocycles. The first-order valence-electron chi connectivity index (χ1n) is 7.81. The smallest absolute Gasteiger partial charge is 0.344 e. The summed E-state index contributed by atoms with van der Waals surface area (Å²) in [4.78, 5) is 24.0. The maximum absolute atomic E-state index is 12.2. The van der Waals surface area contributed by atoms with E-state index in [1.54, 1.807) is 24.3 Å². The molecule has 1 amide bonds. The van der Waals surface area contributed by atoms with Crippen molar-refractivity contribution in [1.29, 1.82) is 0 Å². The molecule has 0 saturated heterocycles. The van der Waals surface area contributed by atoms with Gasteiger partial charge in [-0.2, -0.15) is 0 Å². The van der Waals surface area contributed by atoms with E-state index in [1.807, 2.05) is 32.0 Å². The number of carbonyl (C=O) groups excluding carboxylic acids is 2. The number of carbonyl (C=O) groups is 2. The molecule has 0 aliphatic heterocycles. The summed E-state index contributed by atoms with van der Waals surface area (Å²) in [7, 11) is 0. The lowest BCUT2D eigenvalue weighted by Gasteiger charge is -2.15. The van der Waals surface area contributed by atoms with Crippen molar-refractivity contribution in [2.75, 3.05) is 11.9 Å². The summed E-state index contributed by atoms with van der Waals surface area (Å²) in [5.41, 5.74) is 2.66. The first-order chi connectivity index (χ1) is 11.8. The van der Waals surface area contributed by atoms with E-state index in [-0.39, 0.29) is 6.61 Å². The number of anilines is 1. The van der Waals surface area contributed by atoms with Crippen molar-refractivity contribution < 1.29 is 19.1 Å². The molecule has 0 bridgehead atoms. The van der Waals surface area contributed by atoms with Gasteiger partial charge in [0.25, 0.3) is 5.91 Å². The maximum atomic E-state index is 12.2. The van der Waals surface area contributed by atoms with Gasteiger partial charge in [-0.15, -0.1) is 0 Å². The SMILES string of the molecule is Cc1ccc(C)c(NC(=O)[C@@H](C)OC(=O)COc2ccc(Cl)cc2)c1. The number of aryl methyl sites for hydroxylation is 2. The van der Waals surface area contributed by atoms with Crippen LogP contribution >= 0.6 is 11.6 Å². The first kappa shape index (κ1) is 18.8. The van der Waals surface area contributed by atoms with Crippen LogP contribution in [0.5, 0.6) is 5.75 Å². The zero-order valence-electron chi connectivity index (χ0n) is 14.3. The zero-order chi connectivity index (χ0) is 18.4. The van der Waals surface area contributed by atoms with Crippen LogP contribution in [0.15, 0.2) is 42.5 Å². The molecule has 2 aromatic rings. The fourth-order valence-corrected chi connectivity index (χ4v) is 2.19. The molecule has 0 saturated carbocycles. The van der Waals surface area contributed by atoms with Gasteiger partial charge in [0, 0.05) is 10.7 Å². The van der Waals surface area contributed by atoms with Crippen molar-refractivity contribution in [2.45, 2.75) is 26.9 Å². The van der Waals surface area contributed by atoms with E-state index in [2.05, 4.69) is 5.32 Å². The Balaban J connectivity index is 1.84. The lowest BCUT2D eigenvalue weighted by atomic mass is 10.1. The van der Waals surface area contributed by atoms with Crippen LogP contribution in [-0.2, 0) is 14.3 Å². The van der Waals surface area contributed by atoms with Crippen LogP contribution in [0.2, 0.25) is 5.02 Å². The summed E-state index contributed by atoms with van der Waals surface area (Å²) >= 11 is 5.77. The monoisotopic (exact) mass is 361 g/mol. The van der Waals surface area contributed by atoms with Gasteiger partial charge in [0.05, 0.1) is 0 Å². The number of ether oxygens (including phenoxy) is 2. The molecule has 0 fully saturated rings. The highest BCUT2D eigenvalue weighted by Gasteiger charge is 2.19. The molecule has 0 radical (unpaired) electrons. The molecule has 132 valence electrons. The van der Waals surface area contributed by atoms with Crippen LogP contribution in [0.1, 0.15) is 18.1 Å². The summed E-state index contributed by atoms with van der Waals surface area (Å²) in [5.74, 6) is -0.527. The minimum atomic E-state index is -0.929. The number of hydrogen-bond donors (Lipinski definition) is 1. The van der Waals surface area contributed by atoms with Gasteiger partial charge in [-0.1, -0.05) is 23.7 Å². The average Bonchev–Trinajstić information content (AvgIpc) is 2.57. The number of amides is 1. The molecule has 0 aliphatic rings. The molecule has 2 rings (SSSR count). The highest BCUT2D eigenvalue weighted by atomic mass is 35.5. The first-order valence-corrected chi connectivity index (χ1v) is 8.19. The van der Waals surface area contributed by atoms with Crippen molar-refractivity contribution >= 4 is 29.2 Å². The summed E-state index contributed by atoms with van der Waals surface area (Å²) in [6.07, 6.45) is -0.929. The van der Waals surface area contributed by atoms with E-state index in [0.717, 1.165) is 11.1 Å². The molecule has 5 nitrogen and oxygen atoms in total. The minimum Gasteiger partial charge on any atom is -0.482 e. The van der Waals surface area contributed by atoms with Gasteiger partial charge in [0.15, 0.2) is 12.7 Å². The lowest BCUT2D eigenvalue weighted by molar-refractivity contribution is -0.155. The molecule has 0 spiro atoms. The van der Waals surface area contributed by atoms with Gasteiger partial charge in [-0.25, -0.2) is 4.79 Å².